The SMILES string of the molecule is CCCC(C)(Nc1cccc(SC)c1C#N)C(=O)OC. The van der Waals surface area contributed by atoms with Crippen LogP contribution in [0.15, 0.2) is 23.1 Å². The normalized spacial score (nSPS) is 13.2. The van der Waals surface area contributed by atoms with Gasteiger partial charge in [-0.3, -0.25) is 0 Å². The van der Waals surface area contributed by atoms with Crippen molar-refractivity contribution in [1.29, 1.82) is 5.26 Å². The summed E-state index contributed by atoms with van der Waals surface area (Å²) < 4.78 is 4.88. The van der Waals surface area contributed by atoms with E-state index >= 15 is 0 Å². The van der Waals surface area contributed by atoms with E-state index in [4.69, 9.17) is 4.74 Å². The van der Waals surface area contributed by atoms with Gasteiger partial charge in [0.15, 0.2) is 0 Å². The second kappa shape index (κ2) is 7.20. The highest BCUT2D eigenvalue weighted by atomic mass is 32.2. The monoisotopic (exact) mass is 292 g/mol. The summed E-state index contributed by atoms with van der Waals surface area (Å²) in [6.45, 7) is 3.81. The van der Waals surface area contributed by atoms with Gasteiger partial charge in [-0.25, -0.2) is 4.79 Å². The first-order valence-electron chi connectivity index (χ1n) is 6.46. The molecule has 0 aliphatic heterocycles. The van der Waals surface area contributed by atoms with Crippen LogP contribution in [-0.4, -0.2) is 24.9 Å². The van der Waals surface area contributed by atoms with E-state index in [-0.39, 0.29) is 5.97 Å². The van der Waals surface area contributed by atoms with Crippen LogP contribution in [0.25, 0.3) is 0 Å². The second-order valence-corrected chi connectivity index (χ2v) is 5.54. The van der Waals surface area contributed by atoms with Gasteiger partial charge >= 0.3 is 5.97 Å². The Morgan fingerprint density at radius 3 is 2.75 bits per heavy atom. The number of nitrogens with one attached hydrogen (secondary N) is 1. The quantitative estimate of drug-likeness (QED) is 0.643. The number of hydrogen-bond donors (Lipinski definition) is 1. The van der Waals surface area contributed by atoms with Gasteiger partial charge < -0.3 is 10.1 Å². The number of esters is 1. The average molecular weight is 292 g/mol. The Bertz CT molecular complexity index is 525. The summed E-state index contributed by atoms with van der Waals surface area (Å²) in [7, 11) is 1.38. The van der Waals surface area contributed by atoms with Crippen LogP contribution in [0.2, 0.25) is 0 Å². The van der Waals surface area contributed by atoms with Crippen LogP contribution in [0.4, 0.5) is 5.69 Å². The summed E-state index contributed by atoms with van der Waals surface area (Å²) in [6, 6.07) is 7.78. The van der Waals surface area contributed by atoms with Gasteiger partial charge in [-0.15, -0.1) is 11.8 Å². The van der Waals surface area contributed by atoms with E-state index in [1.54, 1.807) is 6.92 Å². The predicted molar refractivity (Wildman–Crippen MR) is 81.9 cm³/mol. The third kappa shape index (κ3) is 3.45. The zero-order valence-corrected chi connectivity index (χ0v) is 13.1. The minimum absolute atomic E-state index is 0.321. The molecule has 0 radical (unpaired) electrons. The van der Waals surface area contributed by atoms with Crippen LogP contribution in [0, 0.1) is 11.3 Å². The smallest absolute Gasteiger partial charge is 0.331 e. The highest BCUT2D eigenvalue weighted by molar-refractivity contribution is 7.98. The first-order valence-corrected chi connectivity index (χ1v) is 7.68. The average Bonchev–Trinajstić information content (AvgIpc) is 2.46. The van der Waals surface area contributed by atoms with Crippen LogP contribution in [0.3, 0.4) is 0 Å². The van der Waals surface area contributed by atoms with Crippen LogP contribution in [0.1, 0.15) is 32.3 Å². The van der Waals surface area contributed by atoms with Crippen molar-refractivity contribution < 1.29 is 9.53 Å². The molecular weight excluding hydrogens is 272 g/mol. The summed E-state index contributed by atoms with van der Waals surface area (Å²) in [5.74, 6) is -0.321. The van der Waals surface area contributed by atoms with E-state index in [0.29, 0.717) is 17.7 Å². The fourth-order valence-electron chi connectivity index (χ4n) is 2.16. The van der Waals surface area contributed by atoms with Crippen LogP contribution >= 0.6 is 11.8 Å². The Labute approximate surface area is 124 Å². The Morgan fingerprint density at radius 2 is 2.25 bits per heavy atom. The van der Waals surface area contributed by atoms with Gasteiger partial charge in [0.1, 0.15) is 11.6 Å². The molecule has 1 rings (SSSR count). The van der Waals surface area contributed by atoms with E-state index in [2.05, 4.69) is 11.4 Å². The molecule has 0 saturated carbocycles. The molecule has 4 nitrogen and oxygen atoms in total. The standard InChI is InChI=1S/C15H20N2O2S/c1-5-9-15(2,14(18)19-3)17-12-7-6-8-13(20-4)11(12)10-16/h6-8,17H,5,9H2,1-4H3. The maximum atomic E-state index is 12.0. The number of methoxy groups -OCH3 is 1. The number of nitriles is 1. The molecule has 0 heterocycles. The number of anilines is 1. The molecule has 1 aromatic carbocycles. The molecule has 0 bridgehead atoms. The number of rotatable bonds is 6. The largest absolute Gasteiger partial charge is 0.467 e. The minimum atomic E-state index is -0.827. The summed E-state index contributed by atoms with van der Waals surface area (Å²) in [4.78, 5) is 12.9. The van der Waals surface area contributed by atoms with Crippen molar-refractivity contribution in [2.24, 2.45) is 0 Å². The molecule has 0 aromatic heterocycles. The van der Waals surface area contributed by atoms with Crippen molar-refractivity contribution in [3.63, 3.8) is 0 Å². The molecule has 108 valence electrons. The maximum Gasteiger partial charge on any atom is 0.331 e. The summed E-state index contributed by atoms with van der Waals surface area (Å²) in [6.07, 6.45) is 3.39. The molecule has 5 heteroatoms. The first-order chi connectivity index (χ1) is 9.52. The van der Waals surface area contributed by atoms with E-state index in [1.165, 1.54) is 18.9 Å². The lowest BCUT2D eigenvalue weighted by atomic mass is 9.95. The molecule has 1 N–H and O–H groups in total. The van der Waals surface area contributed by atoms with Crippen molar-refractivity contribution in [3.8, 4) is 6.07 Å². The lowest BCUT2D eigenvalue weighted by Crippen LogP contribution is -2.44. The van der Waals surface area contributed by atoms with Gasteiger partial charge in [-0.2, -0.15) is 5.26 Å². The molecule has 1 aromatic rings. The van der Waals surface area contributed by atoms with Crippen LogP contribution in [0.5, 0.6) is 0 Å². The molecule has 0 fully saturated rings. The van der Waals surface area contributed by atoms with E-state index < -0.39 is 5.54 Å². The van der Waals surface area contributed by atoms with Crippen molar-refractivity contribution in [1.82, 2.24) is 0 Å². The Hall–Kier alpha value is -1.67. The molecule has 0 saturated heterocycles. The van der Waals surface area contributed by atoms with Crippen molar-refractivity contribution in [2.45, 2.75) is 37.1 Å². The zero-order valence-electron chi connectivity index (χ0n) is 12.3. The molecular formula is C15H20N2O2S. The van der Waals surface area contributed by atoms with Crippen molar-refractivity contribution in [2.75, 3.05) is 18.7 Å². The van der Waals surface area contributed by atoms with Gasteiger partial charge in [0.2, 0.25) is 0 Å². The number of carbonyl (C=O) groups is 1. The second-order valence-electron chi connectivity index (χ2n) is 4.69. The fraction of sp³-hybridized carbons (Fsp3) is 0.467. The molecule has 0 aliphatic carbocycles. The molecule has 1 atom stereocenters. The lowest BCUT2D eigenvalue weighted by Gasteiger charge is -2.29. The van der Waals surface area contributed by atoms with E-state index in [9.17, 15) is 10.1 Å². The minimum Gasteiger partial charge on any atom is -0.467 e. The topological polar surface area (TPSA) is 62.1 Å². The van der Waals surface area contributed by atoms with Gasteiger partial charge in [0, 0.05) is 4.90 Å². The fourth-order valence-corrected chi connectivity index (χ4v) is 2.73. The summed E-state index contributed by atoms with van der Waals surface area (Å²) >= 11 is 1.51. The number of benzene rings is 1. The number of ether oxygens (including phenoxy) is 1. The third-order valence-electron chi connectivity index (χ3n) is 3.15. The predicted octanol–water partition coefficient (Wildman–Crippen LogP) is 3.42. The van der Waals surface area contributed by atoms with Crippen molar-refractivity contribution in [3.05, 3.63) is 23.8 Å². The zero-order chi connectivity index (χ0) is 15.2. The molecule has 0 spiro atoms. The van der Waals surface area contributed by atoms with Gasteiger partial charge in [-0.1, -0.05) is 19.4 Å². The third-order valence-corrected chi connectivity index (χ3v) is 3.93. The number of carbonyl (C=O) groups excluding carboxylic acids is 1. The van der Waals surface area contributed by atoms with Crippen molar-refractivity contribution >= 4 is 23.4 Å². The van der Waals surface area contributed by atoms with Crippen LogP contribution < -0.4 is 5.32 Å². The van der Waals surface area contributed by atoms with Gasteiger partial charge in [0.05, 0.1) is 18.4 Å². The molecule has 0 amide bonds. The summed E-state index contributed by atoms with van der Waals surface area (Å²) in [5, 5.41) is 12.5. The molecule has 0 aliphatic rings. The Balaban J connectivity index is 3.19. The number of thioether (sulfide) groups is 1. The maximum absolute atomic E-state index is 12.0. The number of nitrogens with zero attached hydrogens (tertiary/aromatic N) is 1. The molecule has 20 heavy (non-hydrogen) atoms. The first kappa shape index (κ1) is 16.4. The Morgan fingerprint density at radius 1 is 1.55 bits per heavy atom. The Kier molecular flexibility index (Phi) is 5.90. The molecule has 1 unspecified atom stereocenters. The van der Waals surface area contributed by atoms with Gasteiger partial charge in [-0.05, 0) is 31.7 Å². The van der Waals surface area contributed by atoms with Crippen LogP contribution in [-0.2, 0) is 9.53 Å². The van der Waals surface area contributed by atoms with E-state index in [0.717, 1.165) is 11.3 Å². The van der Waals surface area contributed by atoms with Gasteiger partial charge in [0.25, 0.3) is 0 Å². The lowest BCUT2D eigenvalue weighted by molar-refractivity contribution is -0.145. The number of hydrogen-bond acceptors (Lipinski definition) is 5. The highest BCUT2D eigenvalue weighted by Gasteiger charge is 2.34. The summed E-state index contributed by atoms with van der Waals surface area (Å²) in [5.41, 5.74) is 0.401. The highest BCUT2D eigenvalue weighted by Crippen LogP contribution is 2.30. The van der Waals surface area contributed by atoms with E-state index in [1.807, 2.05) is 31.4 Å².